The molecule has 0 radical (unpaired) electrons. The van der Waals surface area contributed by atoms with Crippen LogP contribution in [0.1, 0.15) is 59.8 Å². The standard InChI is InChI=1S/C10H21NO2.C2H6.U/c1-3-6-9(12)7-5-8-10(13)11-4-2;1-2;/h9,12H,3-8H2,1-2H3,(H,11,13);1-2H3;. The Labute approximate surface area is 124 Å². The maximum Gasteiger partial charge on any atom is 0.219 e. The topological polar surface area (TPSA) is 49.3 Å². The molecule has 0 aromatic carbocycles. The summed E-state index contributed by atoms with van der Waals surface area (Å²) in [5.74, 6) is 0.0891. The van der Waals surface area contributed by atoms with E-state index in [-0.39, 0.29) is 43.1 Å². The van der Waals surface area contributed by atoms with Gasteiger partial charge >= 0.3 is 0 Å². The van der Waals surface area contributed by atoms with Gasteiger partial charge in [0.25, 0.3) is 0 Å². The van der Waals surface area contributed by atoms with Gasteiger partial charge in [-0.05, 0) is 26.2 Å². The fourth-order valence-corrected chi connectivity index (χ4v) is 1.26. The molecule has 0 aromatic heterocycles. The molecule has 0 aromatic rings. The average Bonchev–Trinajstić information content (AvgIpc) is 2.21. The minimum Gasteiger partial charge on any atom is -0.393 e. The van der Waals surface area contributed by atoms with Crippen molar-refractivity contribution < 1.29 is 41.0 Å². The third kappa shape index (κ3) is 16.9. The summed E-state index contributed by atoms with van der Waals surface area (Å²) in [5, 5.41) is 12.1. The van der Waals surface area contributed by atoms with Gasteiger partial charge in [0.05, 0.1) is 6.10 Å². The van der Waals surface area contributed by atoms with Crippen LogP contribution in [0.3, 0.4) is 0 Å². The van der Waals surface area contributed by atoms with Crippen LogP contribution in [-0.4, -0.2) is 23.7 Å². The van der Waals surface area contributed by atoms with Gasteiger partial charge in [-0.1, -0.05) is 27.2 Å². The van der Waals surface area contributed by atoms with Crippen LogP contribution >= 0.6 is 0 Å². The molecule has 1 unspecified atom stereocenters. The molecule has 0 heterocycles. The van der Waals surface area contributed by atoms with Crippen LogP contribution < -0.4 is 5.32 Å². The molecule has 0 saturated carbocycles. The molecule has 0 bridgehead atoms. The number of amides is 1. The summed E-state index contributed by atoms with van der Waals surface area (Å²) in [6.07, 6.45) is 3.68. The Morgan fingerprint density at radius 2 is 1.81 bits per heavy atom. The zero-order valence-electron chi connectivity index (χ0n) is 11.2. The van der Waals surface area contributed by atoms with Crippen molar-refractivity contribution in [3.8, 4) is 0 Å². The van der Waals surface area contributed by atoms with Crippen molar-refractivity contribution in [2.45, 2.75) is 65.9 Å². The third-order valence-corrected chi connectivity index (χ3v) is 1.94. The molecule has 0 saturated heterocycles. The van der Waals surface area contributed by atoms with E-state index in [1.54, 1.807) is 0 Å². The van der Waals surface area contributed by atoms with Crippen molar-refractivity contribution in [1.82, 2.24) is 5.32 Å². The van der Waals surface area contributed by atoms with Gasteiger partial charge in [0.2, 0.25) is 5.91 Å². The molecule has 16 heavy (non-hydrogen) atoms. The summed E-state index contributed by atoms with van der Waals surface area (Å²) in [4.78, 5) is 11.0. The van der Waals surface area contributed by atoms with E-state index < -0.39 is 0 Å². The fourth-order valence-electron chi connectivity index (χ4n) is 1.26. The molecular weight excluding hydrogens is 428 g/mol. The summed E-state index contributed by atoms with van der Waals surface area (Å²) in [5.41, 5.74) is 0. The summed E-state index contributed by atoms with van der Waals surface area (Å²) in [6.45, 7) is 8.65. The van der Waals surface area contributed by atoms with Crippen molar-refractivity contribution in [1.29, 1.82) is 0 Å². The van der Waals surface area contributed by atoms with Gasteiger partial charge in [0.1, 0.15) is 0 Å². The minimum absolute atomic E-state index is 0. The van der Waals surface area contributed by atoms with E-state index in [4.69, 9.17) is 0 Å². The van der Waals surface area contributed by atoms with E-state index in [9.17, 15) is 9.90 Å². The fraction of sp³-hybridized carbons (Fsp3) is 0.917. The maximum absolute atomic E-state index is 11.0. The first-order valence-electron chi connectivity index (χ1n) is 6.15. The summed E-state index contributed by atoms with van der Waals surface area (Å²) in [7, 11) is 0. The molecule has 0 spiro atoms. The molecule has 96 valence electrons. The Balaban J connectivity index is -0.000000529. The molecule has 4 heteroatoms. The largest absolute Gasteiger partial charge is 0.393 e. The Bertz CT molecular complexity index is 143. The Kier molecular flexibility index (Phi) is 24.3. The second kappa shape index (κ2) is 17.9. The summed E-state index contributed by atoms with van der Waals surface area (Å²) < 4.78 is 0. The molecule has 1 atom stereocenters. The van der Waals surface area contributed by atoms with Crippen LogP contribution in [0.2, 0.25) is 0 Å². The smallest absolute Gasteiger partial charge is 0.219 e. The van der Waals surface area contributed by atoms with Crippen LogP contribution in [0.4, 0.5) is 0 Å². The van der Waals surface area contributed by atoms with Gasteiger partial charge in [-0.15, -0.1) is 0 Å². The average molecular weight is 455 g/mol. The number of carbonyl (C=O) groups excluding carboxylic acids is 1. The predicted molar refractivity (Wildman–Crippen MR) is 64.8 cm³/mol. The van der Waals surface area contributed by atoms with Crippen LogP contribution in [0.15, 0.2) is 0 Å². The number of rotatable bonds is 7. The molecule has 0 rings (SSSR count). The maximum atomic E-state index is 11.0. The monoisotopic (exact) mass is 455 g/mol. The van der Waals surface area contributed by atoms with Crippen LogP contribution in [0.5, 0.6) is 0 Å². The first-order valence-corrected chi connectivity index (χ1v) is 6.15. The van der Waals surface area contributed by atoms with Gasteiger partial charge < -0.3 is 10.4 Å². The molecule has 0 aliphatic rings. The number of hydrogen-bond acceptors (Lipinski definition) is 2. The van der Waals surface area contributed by atoms with E-state index >= 15 is 0 Å². The Morgan fingerprint density at radius 1 is 1.25 bits per heavy atom. The normalized spacial score (nSPS) is 10.6. The zero-order chi connectivity index (χ0) is 12.1. The minimum atomic E-state index is -0.223. The number of nitrogens with one attached hydrogen (secondary N) is 1. The second-order valence-electron chi connectivity index (χ2n) is 3.29. The number of carbonyl (C=O) groups is 1. The van der Waals surface area contributed by atoms with E-state index in [0.717, 1.165) is 25.7 Å². The van der Waals surface area contributed by atoms with Crippen molar-refractivity contribution in [2.24, 2.45) is 0 Å². The van der Waals surface area contributed by atoms with E-state index in [0.29, 0.717) is 13.0 Å². The Hall–Kier alpha value is 0.482. The van der Waals surface area contributed by atoms with Gasteiger partial charge in [-0.25, -0.2) is 0 Å². The SMILES string of the molecule is CC.CCCC(O)CCCC(=O)NCC.[U]. The van der Waals surface area contributed by atoms with Crippen molar-refractivity contribution >= 4 is 5.91 Å². The summed E-state index contributed by atoms with van der Waals surface area (Å²) >= 11 is 0. The molecule has 3 nitrogen and oxygen atoms in total. The molecule has 0 aliphatic carbocycles. The van der Waals surface area contributed by atoms with Gasteiger partial charge in [0, 0.05) is 44.1 Å². The quantitative estimate of drug-likeness (QED) is 0.620. The first kappa shape index (κ1) is 21.7. The van der Waals surface area contributed by atoms with E-state index in [1.807, 2.05) is 27.7 Å². The molecule has 2 N–H and O–H groups in total. The van der Waals surface area contributed by atoms with Crippen molar-refractivity contribution in [2.75, 3.05) is 6.54 Å². The van der Waals surface area contributed by atoms with Gasteiger partial charge in [0.15, 0.2) is 0 Å². The Morgan fingerprint density at radius 3 is 2.25 bits per heavy atom. The number of aliphatic hydroxyl groups excluding tert-OH is 1. The predicted octanol–water partition coefficient (Wildman–Crippen LogP) is 2.48. The van der Waals surface area contributed by atoms with Crippen LogP contribution in [0.25, 0.3) is 0 Å². The summed E-state index contributed by atoms with van der Waals surface area (Å²) in [6, 6.07) is 0. The first-order chi connectivity index (χ1) is 7.20. The molecule has 0 fully saturated rings. The third-order valence-electron chi connectivity index (χ3n) is 1.94. The molecular formula is C12H27NO2U. The van der Waals surface area contributed by atoms with E-state index in [2.05, 4.69) is 5.32 Å². The van der Waals surface area contributed by atoms with Crippen molar-refractivity contribution in [3.63, 3.8) is 0 Å². The van der Waals surface area contributed by atoms with E-state index in [1.165, 1.54) is 0 Å². The second-order valence-corrected chi connectivity index (χ2v) is 3.29. The van der Waals surface area contributed by atoms with Crippen LogP contribution in [0, 0.1) is 31.1 Å². The number of aliphatic hydroxyl groups is 1. The van der Waals surface area contributed by atoms with Gasteiger partial charge in [-0.3, -0.25) is 4.79 Å². The molecule has 1 amide bonds. The molecule has 0 aliphatic heterocycles. The van der Waals surface area contributed by atoms with Crippen LogP contribution in [-0.2, 0) is 4.79 Å². The van der Waals surface area contributed by atoms with Crippen molar-refractivity contribution in [3.05, 3.63) is 0 Å². The number of hydrogen-bond donors (Lipinski definition) is 2. The van der Waals surface area contributed by atoms with Gasteiger partial charge in [-0.2, -0.15) is 0 Å². The zero-order valence-corrected chi connectivity index (χ0v) is 15.3.